The second kappa shape index (κ2) is 7.67. The summed E-state index contributed by atoms with van der Waals surface area (Å²) in [5.41, 5.74) is 1.62. The molecule has 1 fully saturated rings. The second-order valence-electron chi connectivity index (χ2n) is 7.27. The molecule has 3 aromatic rings. The number of urea groups is 1. The van der Waals surface area contributed by atoms with Crippen molar-refractivity contribution >= 4 is 40.5 Å². The number of nitrogens with zero attached hydrogens (tertiary/aromatic N) is 3. The number of fused-ring (bicyclic) bond motifs is 2. The van der Waals surface area contributed by atoms with E-state index in [0.717, 1.165) is 5.69 Å². The zero-order valence-electron chi connectivity index (χ0n) is 16.8. The van der Waals surface area contributed by atoms with Crippen LogP contribution < -0.4 is 30.7 Å². The van der Waals surface area contributed by atoms with Crippen molar-refractivity contribution in [2.45, 2.75) is 18.9 Å². The highest BCUT2D eigenvalue weighted by Crippen LogP contribution is 2.38. The number of para-hydroxylation sites is 1. The van der Waals surface area contributed by atoms with Crippen molar-refractivity contribution in [3.8, 4) is 11.5 Å². The number of aromatic nitrogens is 3. The van der Waals surface area contributed by atoms with Gasteiger partial charge < -0.3 is 30.7 Å². The van der Waals surface area contributed by atoms with Crippen LogP contribution in [0.15, 0.2) is 30.5 Å². The Hall–Kier alpha value is -4.02. The van der Waals surface area contributed by atoms with Crippen molar-refractivity contribution in [3.05, 3.63) is 30.5 Å². The standard InChI is InChI=1S/C20H21N7O4/c1-21-17-9-16(24-13-3-2-4-15-18(13)31-6-5-30-15)26-19-14(10-22-27(17)19)25-20(29)23-11-7-12(28)8-11/h2-4,9-11,21H,5-8H2,1H3,(H,24,26)(H2,23,25,29). The van der Waals surface area contributed by atoms with Crippen LogP contribution in [0.3, 0.4) is 0 Å². The minimum absolute atomic E-state index is 0.126. The molecule has 3 heterocycles. The van der Waals surface area contributed by atoms with Gasteiger partial charge in [0.2, 0.25) is 0 Å². The first kappa shape index (κ1) is 19.0. The minimum atomic E-state index is -0.402. The van der Waals surface area contributed by atoms with E-state index in [1.165, 1.54) is 6.20 Å². The third-order valence-electron chi connectivity index (χ3n) is 5.09. The number of Topliss-reactive ketones (excluding diaryl/α,β-unsaturated/α-hetero) is 1. The molecule has 2 aromatic heterocycles. The van der Waals surface area contributed by atoms with Gasteiger partial charge in [0.25, 0.3) is 0 Å². The van der Waals surface area contributed by atoms with E-state index < -0.39 is 6.03 Å². The van der Waals surface area contributed by atoms with E-state index in [1.807, 2.05) is 18.2 Å². The summed E-state index contributed by atoms with van der Waals surface area (Å²) in [4.78, 5) is 28.0. The van der Waals surface area contributed by atoms with Gasteiger partial charge >= 0.3 is 6.03 Å². The molecule has 1 aliphatic heterocycles. The van der Waals surface area contributed by atoms with Gasteiger partial charge in [0.15, 0.2) is 17.1 Å². The Balaban J connectivity index is 1.42. The van der Waals surface area contributed by atoms with Crippen molar-refractivity contribution < 1.29 is 19.1 Å². The van der Waals surface area contributed by atoms with Crippen LogP contribution in [0.1, 0.15) is 12.8 Å². The largest absolute Gasteiger partial charge is 0.486 e. The molecule has 0 atom stereocenters. The SMILES string of the molecule is CNc1cc(Nc2cccc3c2OCCO3)nc2c(NC(=O)NC3CC(=O)C3)cnn12. The van der Waals surface area contributed by atoms with E-state index in [-0.39, 0.29) is 11.8 Å². The number of benzene rings is 1. The second-order valence-corrected chi connectivity index (χ2v) is 7.27. The van der Waals surface area contributed by atoms with Gasteiger partial charge in [-0.25, -0.2) is 9.78 Å². The van der Waals surface area contributed by atoms with Crippen LogP contribution in [-0.4, -0.2) is 52.7 Å². The summed E-state index contributed by atoms with van der Waals surface area (Å²) in [5.74, 6) is 2.65. The highest BCUT2D eigenvalue weighted by atomic mass is 16.6. The molecular weight excluding hydrogens is 402 g/mol. The molecule has 1 aliphatic carbocycles. The van der Waals surface area contributed by atoms with Crippen LogP contribution in [0.25, 0.3) is 5.65 Å². The van der Waals surface area contributed by atoms with Crippen LogP contribution in [0.5, 0.6) is 11.5 Å². The third kappa shape index (κ3) is 3.65. The molecule has 0 bridgehead atoms. The van der Waals surface area contributed by atoms with Gasteiger partial charge in [-0.05, 0) is 12.1 Å². The topological polar surface area (TPSA) is 131 Å². The van der Waals surface area contributed by atoms with Gasteiger partial charge in [-0.2, -0.15) is 9.61 Å². The van der Waals surface area contributed by atoms with E-state index in [9.17, 15) is 9.59 Å². The quantitative estimate of drug-likeness (QED) is 0.491. The molecule has 4 N–H and O–H groups in total. The summed E-state index contributed by atoms with van der Waals surface area (Å²) in [6.45, 7) is 0.977. The molecule has 11 heteroatoms. The van der Waals surface area contributed by atoms with E-state index in [1.54, 1.807) is 17.6 Å². The molecule has 1 saturated carbocycles. The van der Waals surface area contributed by atoms with E-state index in [4.69, 9.17) is 9.47 Å². The van der Waals surface area contributed by atoms with Gasteiger partial charge in [0.05, 0.1) is 11.9 Å². The summed E-state index contributed by atoms with van der Waals surface area (Å²) < 4.78 is 13.0. The van der Waals surface area contributed by atoms with Gasteiger partial charge in [-0.3, -0.25) is 4.79 Å². The average Bonchev–Trinajstić information content (AvgIpc) is 3.15. The highest BCUT2D eigenvalue weighted by Gasteiger charge is 2.28. The Kier molecular flexibility index (Phi) is 4.69. The molecule has 2 aliphatic rings. The van der Waals surface area contributed by atoms with E-state index in [0.29, 0.717) is 60.5 Å². The van der Waals surface area contributed by atoms with Crippen molar-refractivity contribution in [2.75, 3.05) is 36.2 Å². The fraction of sp³-hybridized carbons (Fsp3) is 0.300. The maximum Gasteiger partial charge on any atom is 0.319 e. The molecule has 5 rings (SSSR count). The molecule has 0 unspecified atom stereocenters. The summed E-state index contributed by atoms with van der Waals surface area (Å²) in [5, 5.41) is 16.2. The molecule has 0 spiro atoms. The molecule has 0 saturated heterocycles. The van der Waals surface area contributed by atoms with Crippen LogP contribution >= 0.6 is 0 Å². The first-order chi connectivity index (χ1) is 15.1. The molecule has 31 heavy (non-hydrogen) atoms. The Morgan fingerprint density at radius 3 is 2.84 bits per heavy atom. The maximum atomic E-state index is 12.3. The lowest BCUT2D eigenvalue weighted by Gasteiger charge is -2.24. The van der Waals surface area contributed by atoms with Crippen LogP contribution in [0.2, 0.25) is 0 Å². The van der Waals surface area contributed by atoms with E-state index in [2.05, 4.69) is 31.3 Å². The number of amides is 2. The van der Waals surface area contributed by atoms with Crippen molar-refractivity contribution in [1.29, 1.82) is 0 Å². The summed E-state index contributed by atoms with van der Waals surface area (Å²) in [7, 11) is 1.77. The third-order valence-corrected chi connectivity index (χ3v) is 5.09. The van der Waals surface area contributed by atoms with Crippen molar-refractivity contribution in [1.82, 2.24) is 19.9 Å². The molecule has 2 amide bonds. The van der Waals surface area contributed by atoms with Gasteiger partial charge in [0, 0.05) is 32.0 Å². The predicted molar refractivity (Wildman–Crippen MR) is 113 cm³/mol. The Morgan fingerprint density at radius 2 is 2.03 bits per heavy atom. The monoisotopic (exact) mass is 423 g/mol. The Bertz CT molecular complexity index is 1170. The number of ether oxygens (including phenoxy) is 2. The molecule has 11 nitrogen and oxygen atoms in total. The number of hydrogen-bond acceptors (Lipinski definition) is 8. The zero-order chi connectivity index (χ0) is 21.4. The molecule has 1 aromatic carbocycles. The lowest BCUT2D eigenvalue weighted by molar-refractivity contribution is -0.124. The minimum Gasteiger partial charge on any atom is -0.486 e. The van der Waals surface area contributed by atoms with Crippen LogP contribution in [-0.2, 0) is 4.79 Å². The Morgan fingerprint density at radius 1 is 1.19 bits per heavy atom. The normalized spacial score (nSPS) is 15.3. The number of carbonyl (C=O) groups excluding carboxylic acids is 2. The molecular formula is C20H21N7O4. The summed E-state index contributed by atoms with van der Waals surface area (Å²) >= 11 is 0. The van der Waals surface area contributed by atoms with Crippen LogP contribution in [0, 0.1) is 0 Å². The summed E-state index contributed by atoms with van der Waals surface area (Å²) in [6.07, 6.45) is 2.26. The molecule has 0 radical (unpaired) electrons. The zero-order valence-corrected chi connectivity index (χ0v) is 16.8. The first-order valence-electron chi connectivity index (χ1n) is 9.92. The average molecular weight is 423 g/mol. The van der Waals surface area contributed by atoms with Crippen LogP contribution in [0.4, 0.5) is 27.8 Å². The summed E-state index contributed by atoms with van der Waals surface area (Å²) in [6, 6.07) is 6.87. The lowest BCUT2D eigenvalue weighted by atomic mass is 9.92. The highest BCUT2D eigenvalue weighted by molar-refractivity contribution is 5.95. The van der Waals surface area contributed by atoms with Crippen molar-refractivity contribution in [2.24, 2.45) is 0 Å². The number of hydrogen-bond donors (Lipinski definition) is 4. The number of nitrogens with one attached hydrogen (secondary N) is 4. The lowest BCUT2D eigenvalue weighted by Crippen LogP contribution is -2.46. The van der Waals surface area contributed by atoms with Gasteiger partial charge in [-0.15, -0.1) is 0 Å². The Labute approximate surface area is 177 Å². The van der Waals surface area contributed by atoms with Crippen molar-refractivity contribution in [3.63, 3.8) is 0 Å². The smallest absolute Gasteiger partial charge is 0.319 e. The number of carbonyl (C=O) groups is 2. The maximum absolute atomic E-state index is 12.3. The van der Waals surface area contributed by atoms with Gasteiger partial charge in [0.1, 0.15) is 36.3 Å². The first-order valence-corrected chi connectivity index (χ1v) is 9.92. The van der Waals surface area contributed by atoms with Gasteiger partial charge in [-0.1, -0.05) is 6.07 Å². The predicted octanol–water partition coefficient (Wildman–Crippen LogP) is 2.14. The number of rotatable bonds is 5. The van der Waals surface area contributed by atoms with E-state index >= 15 is 0 Å². The fourth-order valence-corrected chi connectivity index (χ4v) is 3.54. The fourth-order valence-electron chi connectivity index (χ4n) is 3.54. The number of ketones is 1. The molecule has 160 valence electrons. The number of anilines is 4.